The van der Waals surface area contributed by atoms with Crippen LogP contribution in [0.3, 0.4) is 0 Å². The van der Waals surface area contributed by atoms with Crippen LogP contribution in [-0.2, 0) is 4.79 Å². The average Bonchev–Trinajstić information content (AvgIpc) is 2.80. The summed E-state index contributed by atoms with van der Waals surface area (Å²) in [5, 5.41) is 4.92. The molecule has 0 bridgehead atoms. The monoisotopic (exact) mass is 318 g/mol. The third kappa shape index (κ3) is 4.21. The molecule has 1 aliphatic rings. The number of nitrogens with zero attached hydrogens (tertiary/aromatic N) is 1. The third-order valence-electron chi connectivity index (χ3n) is 3.67. The second-order valence-corrected chi connectivity index (χ2v) is 6.63. The number of nitrogen functional groups attached to an aromatic ring is 1. The molecule has 0 spiro atoms. The number of carbonyl (C=O) groups is 3. The van der Waals surface area contributed by atoms with Gasteiger partial charge in [0.15, 0.2) is 0 Å². The number of benzene rings is 1. The first-order chi connectivity index (χ1) is 10.7. The number of likely N-dealkylation sites (tertiary alicyclic amines) is 1. The van der Waals surface area contributed by atoms with Gasteiger partial charge in [0.1, 0.15) is 0 Å². The van der Waals surface area contributed by atoms with Crippen LogP contribution in [-0.4, -0.2) is 40.9 Å². The SMILES string of the molecule is CC(C)(C)N1CC(NC(=O)NC(=O)c2ccc(N)cc2)CC1=O. The quantitative estimate of drug-likeness (QED) is 0.710. The van der Waals surface area contributed by atoms with Gasteiger partial charge in [0.25, 0.3) is 5.91 Å². The molecule has 23 heavy (non-hydrogen) atoms. The van der Waals surface area contributed by atoms with E-state index in [2.05, 4.69) is 10.6 Å². The third-order valence-corrected chi connectivity index (χ3v) is 3.67. The van der Waals surface area contributed by atoms with Crippen LogP contribution in [0.1, 0.15) is 37.6 Å². The summed E-state index contributed by atoms with van der Waals surface area (Å²) in [5.41, 5.74) is 6.14. The zero-order valence-corrected chi connectivity index (χ0v) is 13.6. The number of urea groups is 1. The number of hydrogen-bond donors (Lipinski definition) is 3. The fourth-order valence-electron chi connectivity index (χ4n) is 2.48. The Bertz CT molecular complexity index is 619. The van der Waals surface area contributed by atoms with Crippen molar-refractivity contribution in [3.05, 3.63) is 29.8 Å². The summed E-state index contributed by atoms with van der Waals surface area (Å²) in [6.45, 7) is 6.26. The molecule has 7 heteroatoms. The van der Waals surface area contributed by atoms with Gasteiger partial charge in [-0.15, -0.1) is 0 Å². The summed E-state index contributed by atoms with van der Waals surface area (Å²) in [7, 11) is 0. The summed E-state index contributed by atoms with van der Waals surface area (Å²) in [6.07, 6.45) is 0.237. The molecule has 124 valence electrons. The minimum Gasteiger partial charge on any atom is -0.399 e. The number of amides is 4. The number of anilines is 1. The molecule has 0 aromatic heterocycles. The van der Waals surface area contributed by atoms with Gasteiger partial charge in [0.05, 0.1) is 6.04 Å². The van der Waals surface area contributed by atoms with Crippen molar-refractivity contribution in [1.29, 1.82) is 0 Å². The second kappa shape index (κ2) is 6.28. The van der Waals surface area contributed by atoms with Crippen molar-refractivity contribution < 1.29 is 14.4 Å². The van der Waals surface area contributed by atoms with Crippen molar-refractivity contribution >= 4 is 23.5 Å². The Morgan fingerprint density at radius 3 is 2.35 bits per heavy atom. The standard InChI is InChI=1S/C16H22N4O3/c1-16(2,3)20-9-12(8-13(20)21)18-15(23)19-14(22)10-4-6-11(17)7-5-10/h4-7,12H,8-9,17H2,1-3H3,(H2,18,19,22,23). The first-order valence-electron chi connectivity index (χ1n) is 7.44. The molecule has 0 aliphatic carbocycles. The molecule has 1 aromatic carbocycles. The van der Waals surface area contributed by atoms with Gasteiger partial charge in [0.2, 0.25) is 5.91 Å². The van der Waals surface area contributed by atoms with Gasteiger partial charge >= 0.3 is 6.03 Å². The van der Waals surface area contributed by atoms with E-state index in [9.17, 15) is 14.4 Å². The number of nitrogens with one attached hydrogen (secondary N) is 2. The number of rotatable bonds is 2. The Morgan fingerprint density at radius 1 is 1.22 bits per heavy atom. The van der Waals surface area contributed by atoms with E-state index in [1.807, 2.05) is 20.8 Å². The van der Waals surface area contributed by atoms with Crippen LogP contribution in [0.5, 0.6) is 0 Å². The number of imide groups is 1. The van der Waals surface area contributed by atoms with E-state index < -0.39 is 11.9 Å². The minimum absolute atomic E-state index is 0.00680. The Kier molecular flexibility index (Phi) is 4.58. The normalized spacial score (nSPS) is 18.0. The highest BCUT2D eigenvalue weighted by molar-refractivity contribution is 6.04. The molecule has 1 aromatic rings. The molecule has 7 nitrogen and oxygen atoms in total. The maximum Gasteiger partial charge on any atom is 0.322 e. The molecule has 0 radical (unpaired) electrons. The molecular formula is C16H22N4O3. The highest BCUT2D eigenvalue weighted by Crippen LogP contribution is 2.21. The Hall–Kier alpha value is -2.57. The van der Waals surface area contributed by atoms with E-state index in [1.54, 1.807) is 29.2 Å². The van der Waals surface area contributed by atoms with E-state index in [1.165, 1.54) is 0 Å². The highest BCUT2D eigenvalue weighted by Gasteiger charge is 2.36. The van der Waals surface area contributed by atoms with Crippen molar-refractivity contribution in [2.24, 2.45) is 0 Å². The zero-order chi connectivity index (χ0) is 17.2. The summed E-state index contributed by atoms with van der Waals surface area (Å²) in [6, 6.07) is 5.34. The van der Waals surface area contributed by atoms with Crippen molar-refractivity contribution in [3.63, 3.8) is 0 Å². The molecule has 4 amide bonds. The maximum absolute atomic E-state index is 12.0. The Balaban J connectivity index is 1.89. The highest BCUT2D eigenvalue weighted by atomic mass is 16.2. The summed E-state index contributed by atoms with van der Waals surface area (Å²) < 4.78 is 0. The molecule has 1 unspecified atom stereocenters. The Morgan fingerprint density at radius 2 is 1.83 bits per heavy atom. The minimum atomic E-state index is -0.611. The predicted octanol–water partition coefficient (Wildman–Crippen LogP) is 1.11. The van der Waals surface area contributed by atoms with Crippen molar-refractivity contribution in [2.75, 3.05) is 12.3 Å². The van der Waals surface area contributed by atoms with Gasteiger partial charge in [-0.25, -0.2) is 4.79 Å². The van der Waals surface area contributed by atoms with Gasteiger partial charge in [0, 0.05) is 29.8 Å². The lowest BCUT2D eigenvalue weighted by molar-refractivity contribution is -0.131. The van der Waals surface area contributed by atoms with Crippen LogP contribution in [0.4, 0.5) is 10.5 Å². The molecule has 0 saturated carbocycles. The van der Waals surface area contributed by atoms with Crippen molar-refractivity contribution in [1.82, 2.24) is 15.5 Å². The number of carbonyl (C=O) groups excluding carboxylic acids is 3. The van der Waals surface area contributed by atoms with E-state index >= 15 is 0 Å². The molecule has 1 atom stereocenters. The molecule has 1 heterocycles. The van der Waals surface area contributed by atoms with Crippen LogP contribution in [0, 0.1) is 0 Å². The van der Waals surface area contributed by atoms with Crippen LogP contribution < -0.4 is 16.4 Å². The van der Waals surface area contributed by atoms with Gasteiger partial charge in [-0.1, -0.05) is 0 Å². The summed E-state index contributed by atoms with van der Waals surface area (Å²) in [4.78, 5) is 37.5. The Labute approximate surface area is 135 Å². The van der Waals surface area contributed by atoms with Crippen molar-refractivity contribution in [3.8, 4) is 0 Å². The molecule has 1 fully saturated rings. The van der Waals surface area contributed by atoms with Crippen LogP contribution in [0.25, 0.3) is 0 Å². The fraction of sp³-hybridized carbons (Fsp3) is 0.438. The molecule has 4 N–H and O–H groups in total. The van der Waals surface area contributed by atoms with Crippen LogP contribution in [0.2, 0.25) is 0 Å². The smallest absolute Gasteiger partial charge is 0.322 e. The fourth-order valence-corrected chi connectivity index (χ4v) is 2.48. The van der Waals surface area contributed by atoms with Gasteiger partial charge in [-0.2, -0.15) is 0 Å². The van der Waals surface area contributed by atoms with Crippen LogP contribution >= 0.6 is 0 Å². The topological polar surface area (TPSA) is 105 Å². The van der Waals surface area contributed by atoms with Gasteiger partial charge < -0.3 is 16.0 Å². The first-order valence-corrected chi connectivity index (χ1v) is 7.44. The molecule has 2 rings (SSSR count). The van der Waals surface area contributed by atoms with Gasteiger partial charge in [-0.05, 0) is 45.0 Å². The maximum atomic E-state index is 12.0. The van der Waals surface area contributed by atoms with E-state index in [4.69, 9.17) is 5.73 Å². The lowest BCUT2D eigenvalue weighted by atomic mass is 10.1. The van der Waals surface area contributed by atoms with Gasteiger partial charge in [-0.3, -0.25) is 14.9 Å². The van der Waals surface area contributed by atoms with E-state index in [-0.39, 0.29) is 23.9 Å². The summed E-state index contributed by atoms with van der Waals surface area (Å²) in [5.74, 6) is -0.521. The predicted molar refractivity (Wildman–Crippen MR) is 86.7 cm³/mol. The molecule has 1 aliphatic heterocycles. The number of hydrogen-bond acceptors (Lipinski definition) is 4. The largest absolute Gasteiger partial charge is 0.399 e. The van der Waals surface area contributed by atoms with E-state index in [0.29, 0.717) is 17.8 Å². The molecular weight excluding hydrogens is 296 g/mol. The van der Waals surface area contributed by atoms with E-state index in [0.717, 1.165) is 0 Å². The summed E-state index contributed by atoms with van der Waals surface area (Å²) >= 11 is 0. The second-order valence-electron chi connectivity index (χ2n) is 6.63. The van der Waals surface area contributed by atoms with Crippen LogP contribution in [0.15, 0.2) is 24.3 Å². The zero-order valence-electron chi connectivity index (χ0n) is 13.6. The lowest BCUT2D eigenvalue weighted by Gasteiger charge is -2.32. The average molecular weight is 318 g/mol. The lowest BCUT2D eigenvalue weighted by Crippen LogP contribution is -2.47. The molecule has 1 saturated heterocycles. The number of nitrogens with two attached hydrogens (primary N) is 1. The van der Waals surface area contributed by atoms with Crippen molar-refractivity contribution in [2.45, 2.75) is 38.8 Å². The first kappa shape index (κ1) is 16.8.